The second kappa shape index (κ2) is 7.15. The number of benzene rings is 1. The molecule has 132 valence electrons. The SMILES string of the molecule is CN(Cc1ccccc1)C1CC[C@]2(CCOC2)C[C@@H]1N1CCCC1. The number of hydrogen-bond acceptors (Lipinski definition) is 3. The summed E-state index contributed by atoms with van der Waals surface area (Å²) < 4.78 is 5.81. The van der Waals surface area contributed by atoms with Gasteiger partial charge in [0.2, 0.25) is 0 Å². The third kappa shape index (κ3) is 3.40. The van der Waals surface area contributed by atoms with Gasteiger partial charge in [-0.05, 0) is 69.6 Å². The molecule has 1 aliphatic carbocycles. The van der Waals surface area contributed by atoms with Crippen LogP contribution in [0.15, 0.2) is 30.3 Å². The highest BCUT2D eigenvalue weighted by atomic mass is 16.5. The van der Waals surface area contributed by atoms with Gasteiger partial charge in [-0.3, -0.25) is 9.80 Å². The molecular weight excluding hydrogens is 296 g/mol. The van der Waals surface area contributed by atoms with Crippen LogP contribution in [0.25, 0.3) is 0 Å². The van der Waals surface area contributed by atoms with Crippen molar-refractivity contribution in [3.05, 3.63) is 35.9 Å². The summed E-state index contributed by atoms with van der Waals surface area (Å²) in [5, 5.41) is 0. The van der Waals surface area contributed by atoms with E-state index in [1.165, 1.54) is 57.2 Å². The number of nitrogens with zero attached hydrogens (tertiary/aromatic N) is 2. The summed E-state index contributed by atoms with van der Waals surface area (Å²) in [4.78, 5) is 5.42. The average molecular weight is 329 g/mol. The minimum absolute atomic E-state index is 0.483. The Balaban J connectivity index is 1.49. The number of rotatable bonds is 4. The Morgan fingerprint density at radius 3 is 2.67 bits per heavy atom. The van der Waals surface area contributed by atoms with Gasteiger partial charge in [-0.25, -0.2) is 0 Å². The Labute approximate surface area is 147 Å². The smallest absolute Gasteiger partial charge is 0.0523 e. The van der Waals surface area contributed by atoms with Gasteiger partial charge in [-0.2, -0.15) is 0 Å². The van der Waals surface area contributed by atoms with E-state index >= 15 is 0 Å². The van der Waals surface area contributed by atoms with E-state index in [4.69, 9.17) is 4.74 Å². The molecule has 24 heavy (non-hydrogen) atoms. The molecule has 1 saturated carbocycles. The molecule has 1 aromatic carbocycles. The van der Waals surface area contributed by atoms with E-state index in [0.29, 0.717) is 11.5 Å². The van der Waals surface area contributed by atoms with Gasteiger partial charge in [0.15, 0.2) is 0 Å². The summed E-state index contributed by atoms with van der Waals surface area (Å²) in [7, 11) is 2.34. The molecule has 1 aromatic rings. The summed E-state index contributed by atoms with van der Waals surface area (Å²) >= 11 is 0. The lowest BCUT2D eigenvalue weighted by Gasteiger charge is -2.48. The monoisotopic (exact) mass is 328 g/mol. The summed E-state index contributed by atoms with van der Waals surface area (Å²) in [6.07, 6.45) is 8.07. The van der Waals surface area contributed by atoms with Gasteiger partial charge < -0.3 is 4.74 Å². The van der Waals surface area contributed by atoms with Crippen LogP contribution in [-0.2, 0) is 11.3 Å². The average Bonchev–Trinajstić information content (AvgIpc) is 3.28. The van der Waals surface area contributed by atoms with E-state index in [1.807, 2.05) is 0 Å². The maximum absolute atomic E-state index is 5.81. The second-order valence-corrected chi connectivity index (χ2v) is 8.32. The molecule has 0 N–H and O–H groups in total. The quantitative estimate of drug-likeness (QED) is 0.841. The molecule has 3 heteroatoms. The molecule has 0 amide bonds. The van der Waals surface area contributed by atoms with E-state index in [0.717, 1.165) is 25.8 Å². The number of ether oxygens (including phenoxy) is 1. The minimum atomic E-state index is 0.483. The fourth-order valence-corrected chi connectivity index (χ4v) is 5.28. The highest BCUT2D eigenvalue weighted by Crippen LogP contribution is 2.45. The van der Waals surface area contributed by atoms with Crippen molar-refractivity contribution in [3.8, 4) is 0 Å². The lowest BCUT2D eigenvalue weighted by Crippen LogP contribution is -2.55. The first-order valence-corrected chi connectivity index (χ1v) is 9.82. The molecule has 3 fully saturated rings. The van der Waals surface area contributed by atoms with Crippen LogP contribution in [0.1, 0.15) is 44.1 Å². The zero-order valence-electron chi connectivity index (χ0n) is 15.1. The predicted octanol–water partition coefficient (Wildman–Crippen LogP) is 3.54. The molecule has 3 atom stereocenters. The lowest BCUT2D eigenvalue weighted by molar-refractivity contribution is 0.00720. The Hall–Kier alpha value is -0.900. The topological polar surface area (TPSA) is 15.7 Å². The van der Waals surface area contributed by atoms with Crippen molar-refractivity contribution < 1.29 is 4.74 Å². The van der Waals surface area contributed by atoms with Crippen molar-refractivity contribution in [2.45, 2.75) is 57.2 Å². The Morgan fingerprint density at radius 1 is 1.17 bits per heavy atom. The van der Waals surface area contributed by atoms with Crippen molar-refractivity contribution in [3.63, 3.8) is 0 Å². The zero-order chi connectivity index (χ0) is 16.4. The number of hydrogen-bond donors (Lipinski definition) is 0. The Morgan fingerprint density at radius 2 is 1.96 bits per heavy atom. The van der Waals surface area contributed by atoms with Gasteiger partial charge in [-0.1, -0.05) is 30.3 Å². The van der Waals surface area contributed by atoms with Crippen molar-refractivity contribution in [2.24, 2.45) is 5.41 Å². The lowest BCUT2D eigenvalue weighted by atomic mass is 9.69. The first kappa shape index (κ1) is 16.6. The molecule has 2 heterocycles. The third-order valence-corrected chi connectivity index (χ3v) is 6.69. The molecular formula is C21H32N2O. The summed E-state index contributed by atoms with van der Waals surface area (Å²) in [5.74, 6) is 0. The first-order chi connectivity index (χ1) is 11.8. The Bertz CT molecular complexity index is 520. The fraction of sp³-hybridized carbons (Fsp3) is 0.714. The van der Waals surface area contributed by atoms with E-state index in [1.54, 1.807) is 0 Å². The van der Waals surface area contributed by atoms with E-state index in [-0.39, 0.29) is 0 Å². The molecule has 1 unspecified atom stereocenters. The van der Waals surface area contributed by atoms with E-state index < -0.39 is 0 Å². The second-order valence-electron chi connectivity index (χ2n) is 8.32. The molecule has 3 aliphatic rings. The van der Waals surface area contributed by atoms with Crippen LogP contribution in [0.3, 0.4) is 0 Å². The first-order valence-electron chi connectivity index (χ1n) is 9.82. The van der Waals surface area contributed by atoms with Crippen molar-refractivity contribution >= 4 is 0 Å². The normalized spacial score (nSPS) is 34.4. The van der Waals surface area contributed by atoms with Gasteiger partial charge in [0.05, 0.1) is 6.61 Å². The third-order valence-electron chi connectivity index (χ3n) is 6.69. The highest BCUT2D eigenvalue weighted by Gasteiger charge is 2.46. The van der Waals surface area contributed by atoms with Crippen LogP contribution in [0, 0.1) is 5.41 Å². The van der Waals surface area contributed by atoms with Gasteiger partial charge in [0.25, 0.3) is 0 Å². The maximum atomic E-state index is 5.81. The maximum Gasteiger partial charge on any atom is 0.0523 e. The predicted molar refractivity (Wildman–Crippen MR) is 98.0 cm³/mol. The molecule has 0 bridgehead atoms. The van der Waals surface area contributed by atoms with Gasteiger partial charge in [0, 0.05) is 25.2 Å². The highest BCUT2D eigenvalue weighted by molar-refractivity contribution is 5.15. The summed E-state index contributed by atoms with van der Waals surface area (Å²) in [6, 6.07) is 12.4. The molecule has 0 aromatic heterocycles. The van der Waals surface area contributed by atoms with Crippen LogP contribution in [-0.4, -0.2) is 55.2 Å². The minimum Gasteiger partial charge on any atom is -0.381 e. The molecule has 2 saturated heterocycles. The van der Waals surface area contributed by atoms with E-state index in [9.17, 15) is 0 Å². The Kier molecular flexibility index (Phi) is 4.93. The molecule has 1 spiro atoms. The number of likely N-dealkylation sites (N-methyl/N-ethyl adjacent to an activating group) is 1. The number of likely N-dealkylation sites (tertiary alicyclic amines) is 1. The van der Waals surface area contributed by atoms with Crippen LogP contribution in [0.5, 0.6) is 0 Å². The molecule has 2 aliphatic heterocycles. The van der Waals surface area contributed by atoms with Gasteiger partial charge in [-0.15, -0.1) is 0 Å². The standard InChI is InChI=1S/C21H32N2O/c1-22(16-18-7-3-2-4-8-18)19-9-10-21(11-14-24-17-21)15-20(19)23-12-5-6-13-23/h2-4,7-8,19-20H,5-6,9-17H2,1H3/t19?,20-,21-/m0/s1. The van der Waals surface area contributed by atoms with Crippen LogP contribution < -0.4 is 0 Å². The van der Waals surface area contributed by atoms with Gasteiger partial charge >= 0.3 is 0 Å². The molecule has 3 nitrogen and oxygen atoms in total. The van der Waals surface area contributed by atoms with Crippen LogP contribution >= 0.6 is 0 Å². The van der Waals surface area contributed by atoms with Gasteiger partial charge in [0.1, 0.15) is 0 Å². The van der Waals surface area contributed by atoms with Crippen molar-refractivity contribution in [2.75, 3.05) is 33.4 Å². The van der Waals surface area contributed by atoms with Crippen LogP contribution in [0.2, 0.25) is 0 Å². The van der Waals surface area contributed by atoms with E-state index in [2.05, 4.69) is 47.2 Å². The zero-order valence-corrected chi connectivity index (χ0v) is 15.1. The molecule has 0 radical (unpaired) electrons. The van der Waals surface area contributed by atoms with Crippen LogP contribution in [0.4, 0.5) is 0 Å². The largest absolute Gasteiger partial charge is 0.381 e. The molecule has 4 rings (SSSR count). The van der Waals surface area contributed by atoms with Crippen molar-refractivity contribution in [1.29, 1.82) is 0 Å². The van der Waals surface area contributed by atoms with Crippen molar-refractivity contribution in [1.82, 2.24) is 9.80 Å². The summed E-state index contributed by atoms with van der Waals surface area (Å²) in [6.45, 7) is 5.66. The summed E-state index contributed by atoms with van der Waals surface area (Å²) in [5.41, 5.74) is 1.92. The fourth-order valence-electron chi connectivity index (χ4n) is 5.28.